The summed E-state index contributed by atoms with van der Waals surface area (Å²) in [5.74, 6) is -1.11. The van der Waals surface area contributed by atoms with E-state index in [0.29, 0.717) is 11.5 Å². The Bertz CT molecular complexity index is 1220. The number of hydrogen-bond acceptors (Lipinski definition) is 6. The third-order valence-electron chi connectivity index (χ3n) is 5.16. The van der Waals surface area contributed by atoms with Crippen LogP contribution in [0.1, 0.15) is 49.9 Å². The van der Waals surface area contributed by atoms with Crippen molar-refractivity contribution in [1.29, 1.82) is 0 Å². The Morgan fingerprint density at radius 1 is 0.939 bits per heavy atom. The molecule has 7 heteroatoms. The summed E-state index contributed by atoms with van der Waals surface area (Å²) in [6, 6.07) is 23.3. The molecule has 33 heavy (non-hydrogen) atoms. The second-order valence-electron chi connectivity index (χ2n) is 7.36. The molecule has 0 amide bonds. The van der Waals surface area contributed by atoms with Gasteiger partial charge in [-0.15, -0.1) is 0 Å². The first-order chi connectivity index (χ1) is 16.0. The van der Waals surface area contributed by atoms with Crippen LogP contribution in [0.5, 0.6) is 0 Å². The van der Waals surface area contributed by atoms with Gasteiger partial charge in [-0.3, -0.25) is 4.79 Å². The molecule has 0 aliphatic rings. The highest BCUT2D eigenvalue weighted by Crippen LogP contribution is 2.31. The average molecular weight is 460 g/mol. The number of oxazole rings is 1. The molecule has 2 unspecified atom stereocenters. The zero-order valence-corrected chi connectivity index (χ0v) is 18.4. The van der Waals surface area contributed by atoms with E-state index in [9.17, 15) is 14.7 Å². The van der Waals surface area contributed by atoms with Crippen molar-refractivity contribution < 1.29 is 23.8 Å². The SMILES string of the molecule is O=C(Cc1ccc(C(S)c2ccccc2C(=O)O)cc1)OC(c1ccccc1)c1ncco1. The number of ether oxygens (including phenoxy) is 1. The van der Waals surface area contributed by atoms with Crippen LogP contribution in [0.4, 0.5) is 0 Å². The molecule has 2 atom stereocenters. The van der Waals surface area contributed by atoms with Crippen molar-refractivity contribution in [2.75, 3.05) is 0 Å². The van der Waals surface area contributed by atoms with E-state index in [4.69, 9.17) is 9.15 Å². The lowest BCUT2D eigenvalue weighted by Crippen LogP contribution is -2.15. The van der Waals surface area contributed by atoms with E-state index < -0.39 is 23.3 Å². The number of carboxylic acids is 1. The fraction of sp³-hybridized carbons (Fsp3) is 0.115. The molecule has 0 bridgehead atoms. The average Bonchev–Trinajstić information content (AvgIpc) is 3.38. The second kappa shape index (κ2) is 10.2. The van der Waals surface area contributed by atoms with Crippen LogP contribution in [0, 0.1) is 0 Å². The van der Waals surface area contributed by atoms with E-state index in [1.165, 1.54) is 12.5 Å². The molecule has 0 radical (unpaired) electrons. The molecule has 0 spiro atoms. The van der Waals surface area contributed by atoms with E-state index in [-0.39, 0.29) is 12.0 Å². The minimum absolute atomic E-state index is 0.0628. The van der Waals surface area contributed by atoms with Crippen LogP contribution < -0.4 is 0 Å². The minimum Gasteiger partial charge on any atom is -0.478 e. The van der Waals surface area contributed by atoms with Gasteiger partial charge in [0.05, 0.1) is 23.4 Å². The van der Waals surface area contributed by atoms with Crippen molar-refractivity contribution in [2.45, 2.75) is 17.8 Å². The van der Waals surface area contributed by atoms with Gasteiger partial charge < -0.3 is 14.3 Å². The Morgan fingerprint density at radius 2 is 1.64 bits per heavy atom. The summed E-state index contributed by atoms with van der Waals surface area (Å²) in [6.07, 6.45) is 2.28. The summed E-state index contributed by atoms with van der Waals surface area (Å²) in [7, 11) is 0. The van der Waals surface area contributed by atoms with Crippen LogP contribution in [-0.4, -0.2) is 22.0 Å². The number of hydrogen-bond donors (Lipinski definition) is 2. The first-order valence-corrected chi connectivity index (χ1v) is 10.8. The lowest BCUT2D eigenvalue weighted by atomic mass is 9.98. The zero-order chi connectivity index (χ0) is 23.2. The number of carboxylic acid groups (broad SMARTS) is 1. The molecule has 0 aliphatic carbocycles. The summed E-state index contributed by atoms with van der Waals surface area (Å²) in [5, 5.41) is 9.02. The summed E-state index contributed by atoms with van der Waals surface area (Å²) in [5.41, 5.74) is 3.17. The maximum Gasteiger partial charge on any atom is 0.336 e. The summed E-state index contributed by atoms with van der Waals surface area (Å²) in [4.78, 5) is 28.3. The minimum atomic E-state index is -0.997. The van der Waals surface area contributed by atoms with Gasteiger partial charge in [0.15, 0.2) is 0 Å². The monoisotopic (exact) mass is 459 g/mol. The fourth-order valence-electron chi connectivity index (χ4n) is 3.52. The van der Waals surface area contributed by atoms with Crippen LogP contribution in [0.2, 0.25) is 0 Å². The lowest BCUT2D eigenvalue weighted by molar-refractivity contribution is -0.147. The third-order valence-corrected chi connectivity index (χ3v) is 5.73. The number of nitrogens with zero attached hydrogens (tertiary/aromatic N) is 1. The molecule has 166 valence electrons. The van der Waals surface area contributed by atoms with Gasteiger partial charge in [0, 0.05) is 5.56 Å². The number of aromatic carboxylic acids is 1. The van der Waals surface area contributed by atoms with Crippen molar-refractivity contribution in [3.8, 4) is 0 Å². The standard InChI is InChI=1S/C26H21NO5S/c28-22(32-23(25-27-14-15-31-25)18-6-2-1-3-7-18)16-17-10-12-19(13-11-17)24(33)20-8-4-5-9-21(20)26(29)30/h1-15,23-24,33H,16H2,(H,29,30). The Morgan fingerprint density at radius 3 is 2.30 bits per heavy atom. The molecule has 6 nitrogen and oxygen atoms in total. The predicted octanol–water partition coefficient (Wildman–Crippen LogP) is 5.27. The van der Waals surface area contributed by atoms with E-state index >= 15 is 0 Å². The van der Waals surface area contributed by atoms with E-state index in [1.54, 1.807) is 24.3 Å². The van der Waals surface area contributed by atoms with Gasteiger partial charge >= 0.3 is 11.9 Å². The first-order valence-electron chi connectivity index (χ1n) is 10.3. The topological polar surface area (TPSA) is 89.6 Å². The van der Waals surface area contributed by atoms with Gasteiger partial charge in [-0.2, -0.15) is 12.6 Å². The van der Waals surface area contributed by atoms with Crippen molar-refractivity contribution >= 4 is 24.6 Å². The highest BCUT2D eigenvalue weighted by atomic mass is 32.1. The largest absolute Gasteiger partial charge is 0.478 e. The third kappa shape index (κ3) is 5.32. The van der Waals surface area contributed by atoms with Gasteiger partial charge in [0.25, 0.3) is 0 Å². The molecule has 4 rings (SSSR count). The van der Waals surface area contributed by atoms with Crippen LogP contribution in [0.25, 0.3) is 0 Å². The number of thiol groups is 1. The Hall–Kier alpha value is -3.84. The molecule has 1 aromatic heterocycles. The Kier molecular flexibility index (Phi) is 6.90. The molecule has 3 aromatic carbocycles. The highest BCUT2D eigenvalue weighted by Gasteiger charge is 2.23. The maximum absolute atomic E-state index is 12.7. The van der Waals surface area contributed by atoms with Crippen molar-refractivity contribution in [2.24, 2.45) is 0 Å². The number of benzene rings is 3. The molecular weight excluding hydrogens is 438 g/mol. The fourth-order valence-corrected chi connectivity index (χ4v) is 3.92. The molecule has 0 fully saturated rings. The lowest BCUT2D eigenvalue weighted by Gasteiger charge is -2.16. The quantitative estimate of drug-likeness (QED) is 0.276. The zero-order valence-electron chi connectivity index (χ0n) is 17.5. The first kappa shape index (κ1) is 22.4. The Balaban J connectivity index is 1.46. The predicted molar refractivity (Wildman–Crippen MR) is 125 cm³/mol. The van der Waals surface area contributed by atoms with Gasteiger partial charge in [0.2, 0.25) is 12.0 Å². The molecular formula is C26H21NO5S. The molecule has 4 aromatic rings. The highest BCUT2D eigenvalue weighted by molar-refractivity contribution is 7.80. The van der Waals surface area contributed by atoms with Gasteiger partial charge in [0.1, 0.15) is 6.26 Å². The van der Waals surface area contributed by atoms with Gasteiger partial charge in [-0.05, 0) is 22.8 Å². The number of carbonyl (C=O) groups excluding carboxylic acids is 1. The summed E-state index contributed by atoms with van der Waals surface area (Å²) in [6.45, 7) is 0. The van der Waals surface area contributed by atoms with Crippen LogP contribution in [-0.2, 0) is 16.0 Å². The second-order valence-corrected chi connectivity index (χ2v) is 7.88. The smallest absolute Gasteiger partial charge is 0.336 e. The van der Waals surface area contributed by atoms with Gasteiger partial charge in [-0.1, -0.05) is 72.8 Å². The molecule has 0 aliphatic heterocycles. The van der Waals surface area contributed by atoms with E-state index in [2.05, 4.69) is 17.6 Å². The molecule has 1 N–H and O–H groups in total. The van der Waals surface area contributed by atoms with Crippen molar-refractivity contribution in [3.05, 3.63) is 125 Å². The van der Waals surface area contributed by atoms with Crippen molar-refractivity contribution in [1.82, 2.24) is 4.98 Å². The summed E-state index contributed by atoms with van der Waals surface area (Å²) < 4.78 is 11.1. The number of esters is 1. The summed E-state index contributed by atoms with van der Waals surface area (Å²) >= 11 is 4.63. The maximum atomic E-state index is 12.7. The number of rotatable bonds is 8. The number of aromatic nitrogens is 1. The van der Waals surface area contributed by atoms with E-state index in [0.717, 1.165) is 16.7 Å². The van der Waals surface area contributed by atoms with Crippen molar-refractivity contribution in [3.63, 3.8) is 0 Å². The van der Waals surface area contributed by atoms with Crippen LogP contribution >= 0.6 is 12.6 Å². The Labute approximate surface area is 196 Å². The number of carbonyl (C=O) groups is 2. The van der Waals surface area contributed by atoms with Crippen LogP contribution in [0.15, 0.2) is 95.7 Å². The molecule has 0 saturated heterocycles. The molecule has 1 heterocycles. The van der Waals surface area contributed by atoms with Gasteiger partial charge in [-0.25, -0.2) is 9.78 Å². The molecule has 0 saturated carbocycles. The van der Waals surface area contributed by atoms with Crippen LogP contribution in [0.3, 0.4) is 0 Å². The normalized spacial score (nSPS) is 12.6. The van der Waals surface area contributed by atoms with E-state index in [1.807, 2.05) is 54.6 Å².